The molecule has 0 heterocycles. The third-order valence-corrected chi connectivity index (χ3v) is 3.78. The summed E-state index contributed by atoms with van der Waals surface area (Å²) >= 11 is 0. The zero-order chi connectivity index (χ0) is 15.5. The fraction of sp³-hybridized carbons (Fsp3) is 0.533. The lowest BCUT2D eigenvalue weighted by Crippen LogP contribution is -2.41. The quantitative estimate of drug-likeness (QED) is 0.919. The van der Waals surface area contributed by atoms with Crippen molar-refractivity contribution in [3.05, 3.63) is 29.8 Å². The number of carbonyl (C=O) groups excluding carboxylic acids is 1. The molecule has 1 N–H and O–H groups in total. The molecule has 2 atom stereocenters. The van der Waals surface area contributed by atoms with Crippen LogP contribution in [0.1, 0.15) is 43.0 Å². The van der Waals surface area contributed by atoms with Crippen molar-refractivity contribution in [2.75, 3.05) is 0 Å². The Balaban J connectivity index is 1.96. The molecule has 3 nitrogen and oxygen atoms in total. The van der Waals surface area contributed by atoms with E-state index >= 15 is 0 Å². The topological polar surface area (TPSA) is 38.3 Å². The molecule has 1 aliphatic rings. The lowest BCUT2D eigenvalue weighted by Gasteiger charge is -2.29. The molecule has 6 heteroatoms. The first-order valence-electron chi connectivity index (χ1n) is 7.02. The van der Waals surface area contributed by atoms with E-state index in [0.717, 1.165) is 31.4 Å². The lowest BCUT2D eigenvalue weighted by atomic mass is 9.86. The van der Waals surface area contributed by atoms with Gasteiger partial charge in [-0.2, -0.15) is 0 Å². The summed E-state index contributed by atoms with van der Waals surface area (Å²) in [6.07, 6.45) is -0.419. The standard InChI is InChI=1S/C15H18F3NO2/c1-10-4-2-3-5-13(10)19-14(20)11-6-8-12(9-7-11)21-15(16,17)18/h6-10,13H,2-5H2,1H3,(H,19,20). The molecule has 0 aliphatic heterocycles. The summed E-state index contributed by atoms with van der Waals surface area (Å²) in [5.41, 5.74) is 0.335. The molecule has 0 aromatic heterocycles. The molecular weight excluding hydrogens is 283 g/mol. The number of nitrogens with one attached hydrogen (secondary N) is 1. The van der Waals surface area contributed by atoms with Crippen molar-refractivity contribution >= 4 is 5.91 Å². The Bertz CT molecular complexity index is 485. The summed E-state index contributed by atoms with van der Waals surface area (Å²) in [5.74, 6) is -0.159. The average molecular weight is 301 g/mol. The molecule has 0 bridgehead atoms. The number of benzene rings is 1. The Kier molecular flexibility index (Phi) is 4.75. The van der Waals surface area contributed by atoms with Crippen molar-refractivity contribution in [1.82, 2.24) is 5.32 Å². The minimum atomic E-state index is -4.72. The molecule has 1 amide bonds. The maximum absolute atomic E-state index is 12.1. The lowest BCUT2D eigenvalue weighted by molar-refractivity contribution is -0.274. The molecule has 116 valence electrons. The number of hydrogen-bond donors (Lipinski definition) is 1. The van der Waals surface area contributed by atoms with Crippen LogP contribution in [0.15, 0.2) is 24.3 Å². The van der Waals surface area contributed by atoms with Crippen LogP contribution >= 0.6 is 0 Å². The Morgan fingerprint density at radius 2 is 1.81 bits per heavy atom. The number of amides is 1. The highest BCUT2D eigenvalue weighted by Crippen LogP contribution is 2.25. The predicted octanol–water partition coefficient (Wildman–Crippen LogP) is 3.89. The zero-order valence-electron chi connectivity index (χ0n) is 11.7. The second kappa shape index (κ2) is 6.37. The molecule has 2 rings (SSSR count). The highest BCUT2D eigenvalue weighted by atomic mass is 19.4. The number of alkyl halides is 3. The molecule has 1 saturated carbocycles. The van der Waals surface area contributed by atoms with Gasteiger partial charge in [-0.25, -0.2) is 0 Å². The maximum Gasteiger partial charge on any atom is 0.573 e. The number of rotatable bonds is 3. The molecule has 0 radical (unpaired) electrons. The first-order valence-corrected chi connectivity index (χ1v) is 7.02. The van der Waals surface area contributed by atoms with Crippen molar-refractivity contribution < 1.29 is 22.7 Å². The van der Waals surface area contributed by atoms with Gasteiger partial charge in [0.05, 0.1) is 0 Å². The van der Waals surface area contributed by atoms with E-state index in [2.05, 4.69) is 17.0 Å². The van der Waals surface area contributed by atoms with Gasteiger partial charge in [-0.05, 0) is 43.0 Å². The van der Waals surface area contributed by atoms with Crippen molar-refractivity contribution in [3.63, 3.8) is 0 Å². The van der Waals surface area contributed by atoms with Gasteiger partial charge in [0.2, 0.25) is 0 Å². The van der Waals surface area contributed by atoms with Crippen LogP contribution in [-0.4, -0.2) is 18.3 Å². The monoisotopic (exact) mass is 301 g/mol. The molecule has 1 aromatic carbocycles. The molecule has 0 saturated heterocycles. The van der Waals surface area contributed by atoms with Gasteiger partial charge in [-0.3, -0.25) is 4.79 Å². The van der Waals surface area contributed by atoms with E-state index in [-0.39, 0.29) is 17.7 Å². The summed E-state index contributed by atoms with van der Waals surface area (Å²) in [7, 11) is 0. The maximum atomic E-state index is 12.1. The largest absolute Gasteiger partial charge is 0.573 e. The van der Waals surface area contributed by atoms with E-state index in [9.17, 15) is 18.0 Å². The third-order valence-electron chi connectivity index (χ3n) is 3.78. The molecule has 1 fully saturated rings. The number of halogens is 3. The highest BCUT2D eigenvalue weighted by molar-refractivity contribution is 5.94. The van der Waals surface area contributed by atoms with E-state index in [1.165, 1.54) is 18.6 Å². The summed E-state index contributed by atoms with van der Waals surface area (Å²) < 4.78 is 39.9. The van der Waals surface area contributed by atoms with Gasteiger partial charge >= 0.3 is 6.36 Å². The van der Waals surface area contributed by atoms with E-state index in [1.54, 1.807) is 0 Å². The van der Waals surface area contributed by atoms with E-state index in [0.29, 0.717) is 11.5 Å². The molecule has 0 spiro atoms. The Morgan fingerprint density at radius 1 is 1.19 bits per heavy atom. The summed E-state index contributed by atoms with van der Waals surface area (Å²) in [6, 6.07) is 5.10. The average Bonchev–Trinajstić information content (AvgIpc) is 2.40. The van der Waals surface area contributed by atoms with Gasteiger partial charge in [0.1, 0.15) is 5.75 Å². The molecule has 1 aliphatic carbocycles. The third kappa shape index (κ3) is 4.65. The van der Waals surface area contributed by atoms with Crippen molar-refractivity contribution in [2.45, 2.75) is 45.0 Å². The second-order valence-electron chi connectivity index (χ2n) is 5.41. The fourth-order valence-electron chi connectivity index (χ4n) is 2.59. The van der Waals surface area contributed by atoms with Crippen molar-refractivity contribution in [3.8, 4) is 5.75 Å². The van der Waals surface area contributed by atoms with Crippen LogP contribution in [0.4, 0.5) is 13.2 Å². The van der Waals surface area contributed by atoms with Crippen LogP contribution in [0.2, 0.25) is 0 Å². The molecular formula is C15H18F3NO2. The van der Waals surface area contributed by atoms with Crippen molar-refractivity contribution in [2.24, 2.45) is 5.92 Å². The van der Waals surface area contributed by atoms with E-state index in [4.69, 9.17) is 0 Å². The van der Waals surface area contributed by atoms with Crippen LogP contribution in [-0.2, 0) is 0 Å². The van der Waals surface area contributed by atoms with Crippen LogP contribution < -0.4 is 10.1 Å². The van der Waals surface area contributed by atoms with E-state index in [1.807, 2.05) is 0 Å². The SMILES string of the molecule is CC1CCCCC1NC(=O)c1ccc(OC(F)(F)F)cc1. The zero-order valence-corrected chi connectivity index (χ0v) is 11.7. The Hall–Kier alpha value is -1.72. The summed E-state index contributed by atoms with van der Waals surface area (Å²) in [4.78, 5) is 12.1. The number of ether oxygens (including phenoxy) is 1. The van der Waals surface area contributed by atoms with Crippen LogP contribution in [0, 0.1) is 5.92 Å². The van der Waals surface area contributed by atoms with Gasteiger partial charge in [0.25, 0.3) is 5.91 Å². The van der Waals surface area contributed by atoms with Gasteiger partial charge in [0, 0.05) is 11.6 Å². The Morgan fingerprint density at radius 3 is 2.38 bits per heavy atom. The first kappa shape index (κ1) is 15.7. The van der Waals surface area contributed by atoms with Crippen LogP contribution in [0.5, 0.6) is 5.75 Å². The van der Waals surface area contributed by atoms with Gasteiger partial charge in [-0.1, -0.05) is 19.8 Å². The normalized spacial score (nSPS) is 22.7. The fourth-order valence-corrected chi connectivity index (χ4v) is 2.59. The summed E-state index contributed by atoms with van der Waals surface area (Å²) in [5, 5.41) is 2.95. The summed E-state index contributed by atoms with van der Waals surface area (Å²) in [6.45, 7) is 2.10. The second-order valence-corrected chi connectivity index (χ2v) is 5.41. The number of carbonyl (C=O) groups is 1. The first-order chi connectivity index (χ1) is 9.85. The van der Waals surface area contributed by atoms with Crippen LogP contribution in [0.25, 0.3) is 0 Å². The number of hydrogen-bond acceptors (Lipinski definition) is 2. The van der Waals surface area contributed by atoms with Gasteiger partial charge < -0.3 is 10.1 Å². The highest BCUT2D eigenvalue weighted by Gasteiger charge is 2.31. The van der Waals surface area contributed by atoms with Crippen LogP contribution in [0.3, 0.4) is 0 Å². The minimum absolute atomic E-state index is 0.136. The van der Waals surface area contributed by atoms with Crippen molar-refractivity contribution in [1.29, 1.82) is 0 Å². The molecule has 1 aromatic rings. The van der Waals surface area contributed by atoms with Gasteiger partial charge in [0.15, 0.2) is 0 Å². The van der Waals surface area contributed by atoms with E-state index < -0.39 is 6.36 Å². The minimum Gasteiger partial charge on any atom is -0.406 e. The molecule has 21 heavy (non-hydrogen) atoms. The predicted molar refractivity (Wildman–Crippen MR) is 72.0 cm³/mol. The molecule has 2 unspecified atom stereocenters. The smallest absolute Gasteiger partial charge is 0.406 e. The van der Waals surface area contributed by atoms with Gasteiger partial charge in [-0.15, -0.1) is 13.2 Å². The Labute approximate surface area is 121 Å².